The first-order valence-corrected chi connectivity index (χ1v) is 8.95. The van der Waals surface area contributed by atoms with Crippen LogP contribution in [0.15, 0.2) is 24.3 Å². The molecule has 3 rings (SSSR count). The molecule has 0 bridgehead atoms. The third-order valence-electron chi connectivity index (χ3n) is 4.77. The van der Waals surface area contributed by atoms with Gasteiger partial charge in [0.05, 0.1) is 5.75 Å². The molecular formula is C15H20N2O3S. The summed E-state index contributed by atoms with van der Waals surface area (Å²) in [4.78, 5) is 12.0. The normalized spacial score (nSPS) is 21.9. The fourth-order valence-corrected chi connectivity index (χ4v) is 4.51. The van der Waals surface area contributed by atoms with Gasteiger partial charge in [-0.3, -0.25) is 4.79 Å². The van der Waals surface area contributed by atoms with Crippen molar-refractivity contribution in [1.29, 1.82) is 0 Å². The van der Waals surface area contributed by atoms with Crippen molar-refractivity contribution < 1.29 is 13.2 Å². The Morgan fingerprint density at radius 3 is 2.57 bits per heavy atom. The van der Waals surface area contributed by atoms with Crippen molar-refractivity contribution in [3.05, 3.63) is 35.4 Å². The minimum atomic E-state index is -3.12. The Morgan fingerprint density at radius 1 is 1.24 bits per heavy atom. The zero-order valence-electron chi connectivity index (χ0n) is 12.1. The summed E-state index contributed by atoms with van der Waals surface area (Å²) in [5.74, 6) is 0.118. The van der Waals surface area contributed by atoms with Crippen molar-refractivity contribution in [3.63, 3.8) is 0 Å². The fourth-order valence-electron chi connectivity index (χ4n) is 3.40. The minimum absolute atomic E-state index is 0.0279. The maximum absolute atomic E-state index is 12.0. The first-order valence-electron chi connectivity index (χ1n) is 7.34. The number of carbonyl (C=O) groups is 1. The summed E-state index contributed by atoms with van der Waals surface area (Å²) in [7, 11) is -3.12. The summed E-state index contributed by atoms with van der Waals surface area (Å²) in [5.41, 5.74) is 1.68. The lowest BCUT2D eigenvalue weighted by atomic mass is 9.69. The van der Waals surface area contributed by atoms with E-state index in [2.05, 4.69) is 5.32 Å². The molecule has 0 unspecified atom stereocenters. The van der Waals surface area contributed by atoms with E-state index in [-0.39, 0.29) is 17.1 Å². The molecule has 1 N–H and O–H groups in total. The smallest absolute Gasteiger partial charge is 0.251 e. The van der Waals surface area contributed by atoms with Crippen molar-refractivity contribution in [2.75, 3.05) is 25.4 Å². The maximum atomic E-state index is 12.0. The molecule has 0 saturated carbocycles. The van der Waals surface area contributed by atoms with Crippen LogP contribution in [0.2, 0.25) is 0 Å². The van der Waals surface area contributed by atoms with Crippen LogP contribution in [0.1, 0.15) is 35.7 Å². The minimum Gasteiger partial charge on any atom is -0.351 e. The van der Waals surface area contributed by atoms with Gasteiger partial charge in [-0.2, -0.15) is 0 Å². The fraction of sp³-hybridized carbons (Fsp3) is 0.533. The molecule has 0 aliphatic carbocycles. The van der Waals surface area contributed by atoms with Gasteiger partial charge < -0.3 is 5.32 Å². The van der Waals surface area contributed by atoms with Crippen LogP contribution in [-0.4, -0.2) is 44.0 Å². The third kappa shape index (κ3) is 2.36. The Bertz CT molecular complexity index is 661. The predicted molar refractivity (Wildman–Crippen MR) is 80.7 cm³/mol. The Morgan fingerprint density at radius 2 is 1.90 bits per heavy atom. The highest BCUT2D eigenvalue weighted by Crippen LogP contribution is 2.39. The predicted octanol–water partition coefficient (Wildman–Crippen LogP) is 1.11. The highest BCUT2D eigenvalue weighted by Gasteiger charge is 2.43. The molecule has 6 heteroatoms. The number of piperidine rings is 1. The average Bonchev–Trinajstić information content (AvgIpc) is 2.52. The summed E-state index contributed by atoms with van der Waals surface area (Å²) in [6.07, 6.45) is 1.51. The number of nitrogens with one attached hydrogen (secondary N) is 1. The molecule has 114 valence electrons. The van der Waals surface area contributed by atoms with Crippen molar-refractivity contribution in [1.82, 2.24) is 9.62 Å². The summed E-state index contributed by atoms with van der Waals surface area (Å²) in [6, 6.07) is 7.68. The van der Waals surface area contributed by atoms with E-state index in [1.165, 1.54) is 0 Å². The zero-order valence-corrected chi connectivity index (χ0v) is 12.9. The first kappa shape index (κ1) is 14.5. The highest BCUT2D eigenvalue weighted by atomic mass is 32.2. The van der Waals surface area contributed by atoms with E-state index >= 15 is 0 Å². The molecule has 1 amide bonds. The van der Waals surface area contributed by atoms with Gasteiger partial charge in [-0.25, -0.2) is 12.7 Å². The average molecular weight is 308 g/mol. The summed E-state index contributed by atoms with van der Waals surface area (Å²) in [5, 5.41) is 2.96. The van der Waals surface area contributed by atoms with Crippen molar-refractivity contribution in [3.8, 4) is 0 Å². The van der Waals surface area contributed by atoms with Crippen molar-refractivity contribution >= 4 is 15.9 Å². The van der Waals surface area contributed by atoms with Crippen LogP contribution >= 0.6 is 0 Å². The Labute approximate surface area is 125 Å². The molecule has 1 aromatic carbocycles. The topological polar surface area (TPSA) is 66.5 Å². The third-order valence-corrected chi connectivity index (χ3v) is 6.65. The van der Waals surface area contributed by atoms with Gasteiger partial charge in [0, 0.05) is 30.6 Å². The maximum Gasteiger partial charge on any atom is 0.251 e. The van der Waals surface area contributed by atoms with Crippen LogP contribution in [0.5, 0.6) is 0 Å². The van der Waals surface area contributed by atoms with Gasteiger partial charge in [-0.1, -0.05) is 18.2 Å². The molecule has 2 heterocycles. The van der Waals surface area contributed by atoms with Crippen LogP contribution in [0.4, 0.5) is 0 Å². The van der Waals surface area contributed by atoms with Gasteiger partial charge in [0.25, 0.3) is 5.91 Å². The molecule has 2 aliphatic heterocycles. The van der Waals surface area contributed by atoms with E-state index in [1.54, 1.807) is 11.2 Å². The molecular weight excluding hydrogens is 288 g/mol. The number of hydrogen-bond donors (Lipinski definition) is 1. The number of sulfonamides is 1. The summed E-state index contributed by atoms with van der Waals surface area (Å²) in [6.45, 7) is 3.33. The molecule has 1 aromatic rings. The van der Waals surface area contributed by atoms with Gasteiger partial charge in [0.2, 0.25) is 10.0 Å². The Hall–Kier alpha value is -1.40. The number of amides is 1. The summed E-state index contributed by atoms with van der Waals surface area (Å²) < 4.78 is 25.5. The summed E-state index contributed by atoms with van der Waals surface area (Å²) >= 11 is 0. The van der Waals surface area contributed by atoms with Crippen LogP contribution in [-0.2, 0) is 15.4 Å². The standard InChI is InChI=1S/C15H20N2O3S/c1-2-21(19,20)17-9-7-15(8-10-17)11-16-14(18)12-5-3-4-6-13(12)15/h3-6H,2,7-11H2,1H3,(H,16,18). The van der Waals surface area contributed by atoms with E-state index in [0.29, 0.717) is 19.6 Å². The number of hydrogen-bond acceptors (Lipinski definition) is 3. The number of rotatable bonds is 2. The Balaban J connectivity index is 1.89. The molecule has 0 atom stereocenters. The van der Waals surface area contributed by atoms with Crippen LogP contribution in [0.3, 0.4) is 0 Å². The van der Waals surface area contributed by atoms with Crippen LogP contribution in [0.25, 0.3) is 0 Å². The van der Waals surface area contributed by atoms with Gasteiger partial charge in [-0.15, -0.1) is 0 Å². The molecule has 0 aromatic heterocycles. The lowest BCUT2D eigenvalue weighted by molar-refractivity contribution is 0.0906. The van der Waals surface area contributed by atoms with E-state index in [4.69, 9.17) is 0 Å². The second-order valence-electron chi connectivity index (χ2n) is 5.81. The highest BCUT2D eigenvalue weighted by molar-refractivity contribution is 7.89. The molecule has 1 saturated heterocycles. The van der Waals surface area contributed by atoms with Gasteiger partial charge in [-0.05, 0) is 31.4 Å². The Kier molecular flexibility index (Phi) is 3.53. The number of benzene rings is 1. The second kappa shape index (κ2) is 5.10. The molecule has 2 aliphatic rings. The largest absolute Gasteiger partial charge is 0.351 e. The first-order chi connectivity index (χ1) is 9.98. The van der Waals surface area contributed by atoms with Crippen molar-refractivity contribution in [2.45, 2.75) is 25.2 Å². The SMILES string of the molecule is CCS(=O)(=O)N1CCC2(CC1)CNC(=O)c1ccccc12. The molecule has 5 nitrogen and oxygen atoms in total. The van der Waals surface area contributed by atoms with Gasteiger partial charge in [0.15, 0.2) is 0 Å². The molecule has 0 radical (unpaired) electrons. The zero-order chi connectivity index (χ0) is 15.1. The molecule has 1 fully saturated rings. The number of carbonyl (C=O) groups excluding carboxylic acids is 1. The van der Waals surface area contributed by atoms with Crippen LogP contribution in [0, 0.1) is 0 Å². The van der Waals surface area contributed by atoms with E-state index in [1.807, 2.05) is 24.3 Å². The van der Waals surface area contributed by atoms with E-state index < -0.39 is 10.0 Å². The molecule has 1 spiro atoms. The van der Waals surface area contributed by atoms with Gasteiger partial charge >= 0.3 is 0 Å². The van der Waals surface area contributed by atoms with Crippen LogP contribution < -0.4 is 5.32 Å². The lowest BCUT2D eigenvalue weighted by Crippen LogP contribution is -2.53. The van der Waals surface area contributed by atoms with E-state index in [0.717, 1.165) is 24.0 Å². The number of fused-ring (bicyclic) bond motifs is 2. The van der Waals surface area contributed by atoms with E-state index in [9.17, 15) is 13.2 Å². The lowest BCUT2D eigenvalue weighted by Gasteiger charge is -2.44. The second-order valence-corrected chi connectivity index (χ2v) is 8.07. The van der Waals surface area contributed by atoms with Crippen molar-refractivity contribution in [2.24, 2.45) is 0 Å². The molecule has 21 heavy (non-hydrogen) atoms. The number of nitrogens with zero attached hydrogens (tertiary/aromatic N) is 1. The quantitative estimate of drug-likeness (QED) is 0.890. The monoisotopic (exact) mass is 308 g/mol. The van der Waals surface area contributed by atoms with Gasteiger partial charge in [0.1, 0.15) is 0 Å².